The number of likely N-dealkylation sites (tertiary alicyclic amines) is 1. The third kappa shape index (κ3) is 3.90. The normalized spacial score (nSPS) is 20.0. The fourth-order valence-electron chi connectivity index (χ4n) is 5.72. The van der Waals surface area contributed by atoms with Crippen molar-refractivity contribution in [3.8, 4) is 11.1 Å². The average Bonchev–Trinajstić information content (AvgIpc) is 2.85. The van der Waals surface area contributed by atoms with Crippen molar-refractivity contribution < 1.29 is 0 Å². The van der Waals surface area contributed by atoms with Crippen LogP contribution < -0.4 is 5.56 Å². The number of thioether (sulfide) groups is 1. The van der Waals surface area contributed by atoms with E-state index in [0.29, 0.717) is 11.8 Å². The zero-order valence-corrected chi connectivity index (χ0v) is 19.6. The summed E-state index contributed by atoms with van der Waals surface area (Å²) in [5.41, 5.74) is 6.06. The molecule has 0 aliphatic carbocycles. The standard InChI is InChI=1S/C28H27N3OS/c1-33-24-8-6-21(7-9-24)25-10-11-27(32)31-17-20-13-23(28(25)31)18-30(16-20)15-19-12-22-4-2-3-5-26(22)29-14-19/h2-12,14,20,23H,13,15-18H2,1H3/t20-,23+/m0/s1. The first-order valence-electron chi connectivity index (χ1n) is 11.6. The Morgan fingerprint density at radius 1 is 1.00 bits per heavy atom. The molecule has 0 amide bonds. The molecule has 5 heteroatoms. The highest BCUT2D eigenvalue weighted by Gasteiger charge is 2.36. The van der Waals surface area contributed by atoms with E-state index in [-0.39, 0.29) is 5.56 Å². The van der Waals surface area contributed by atoms with Gasteiger partial charge < -0.3 is 4.57 Å². The molecular formula is C28H27N3OS. The summed E-state index contributed by atoms with van der Waals surface area (Å²) in [6.07, 6.45) is 5.27. The van der Waals surface area contributed by atoms with Gasteiger partial charge in [0.2, 0.25) is 0 Å². The summed E-state index contributed by atoms with van der Waals surface area (Å²) in [5, 5.41) is 1.19. The van der Waals surface area contributed by atoms with E-state index in [2.05, 4.69) is 69.2 Å². The van der Waals surface area contributed by atoms with Gasteiger partial charge in [-0.3, -0.25) is 14.7 Å². The zero-order chi connectivity index (χ0) is 22.4. The molecule has 2 aliphatic rings. The number of hydrogen-bond donors (Lipinski definition) is 0. The minimum absolute atomic E-state index is 0.136. The second-order valence-electron chi connectivity index (χ2n) is 9.34. The van der Waals surface area contributed by atoms with Crippen molar-refractivity contribution in [3.63, 3.8) is 0 Å². The fraction of sp³-hybridized carbons (Fsp3) is 0.286. The summed E-state index contributed by atoms with van der Waals surface area (Å²) in [7, 11) is 0. The lowest BCUT2D eigenvalue weighted by Gasteiger charge is -2.43. The third-order valence-electron chi connectivity index (χ3n) is 7.12. The quantitative estimate of drug-likeness (QED) is 0.388. The third-order valence-corrected chi connectivity index (χ3v) is 7.86. The molecule has 4 heterocycles. The van der Waals surface area contributed by atoms with E-state index in [1.54, 1.807) is 17.8 Å². The van der Waals surface area contributed by atoms with E-state index in [4.69, 9.17) is 0 Å². The second kappa shape index (κ2) is 8.47. The molecule has 4 nitrogen and oxygen atoms in total. The predicted octanol–water partition coefficient (Wildman–Crippen LogP) is 5.40. The molecule has 33 heavy (non-hydrogen) atoms. The average molecular weight is 454 g/mol. The van der Waals surface area contributed by atoms with E-state index in [0.717, 1.165) is 38.1 Å². The van der Waals surface area contributed by atoms with Crippen LogP contribution in [0.15, 0.2) is 82.6 Å². The molecule has 0 radical (unpaired) electrons. The van der Waals surface area contributed by atoms with Crippen molar-refractivity contribution in [2.24, 2.45) is 5.92 Å². The molecule has 2 atom stereocenters. The van der Waals surface area contributed by atoms with Crippen molar-refractivity contribution in [3.05, 3.63) is 94.5 Å². The van der Waals surface area contributed by atoms with Gasteiger partial charge in [0.1, 0.15) is 0 Å². The number of aromatic nitrogens is 2. The van der Waals surface area contributed by atoms with Crippen LogP contribution in [0.1, 0.15) is 23.6 Å². The van der Waals surface area contributed by atoms with Crippen LogP contribution in [-0.2, 0) is 13.1 Å². The summed E-state index contributed by atoms with van der Waals surface area (Å²) in [6.45, 7) is 3.72. The largest absolute Gasteiger partial charge is 0.311 e. The minimum atomic E-state index is 0.136. The summed E-state index contributed by atoms with van der Waals surface area (Å²) < 4.78 is 2.06. The maximum atomic E-state index is 12.8. The van der Waals surface area contributed by atoms with Gasteiger partial charge in [0.15, 0.2) is 0 Å². The van der Waals surface area contributed by atoms with Gasteiger partial charge in [0.05, 0.1) is 5.52 Å². The number of benzene rings is 2. The Kier molecular flexibility index (Phi) is 5.31. The molecule has 1 saturated heterocycles. The number of rotatable bonds is 4. The van der Waals surface area contributed by atoms with Gasteiger partial charge in [-0.1, -0.05) is 30.3 Å². The van der Waals surface area contributed by atoms with Crippen molar-refractivity contribution >= 4 is 22.7 Å². The lowest BCUT2D eigenvalue weighted by Crippen LogP contribution is -2.47. The molecule has 6 rings (SSSR count). The molecule has 2 aromatic carbocycles. The smallest absolute Gasteiger partial charge is 0.250 e. The van der Waals surface area contributed by atoms with E-state index in [1.165, 1.54) is 32.7 Å². The Labute approximate surface area is 198 Å². The lowest BCUT2D eigenvalue weighted by atomic mass is 9.80. The molecule has 0 spiro atoms. The molecule has 0 saturated carbocycles. The molecule has 0 N–H and O–H groups in total. The first-order chi connectivity index (χ1) is 16.2. The molecule has 2 aliphatic heterocycles. The van der Waals surface area contributed by atoms with E-state index in [9.17, 15) is 4.79 Å². The van der Waals surface area contributed by atoms with Gasteiger partial charge in [-0.25, -0.2) is 0 Å². The van der Waals surface area contributed by atoms with Crippen molar-refractivity contribution in [1.82, 2.24) is 14.5 Å². The van der Waals surface area contributed by atoms with Crippen molar-refractivity contribution in [2.45, 2.75) is 30.3 Å². The zero-order valence-electron chi connectivity index (χ0n) is 18.8. The van der Waals surface area contributed by atoms with E-state index >= 15 is 0 Å². The van der Waals surface area contributed by atoms with Crippen LogP contribution in [0.4, 0.5) is 0 Å². The van der Waals surface area contributed by atoms with Crippen LogP contribution in [0.2, 0.25) is 0 Å². The molecule has 0 unspecified atom stereocenters. The molecular weight excluding hydrogens is 426 g/mol. The number of piperidine rings is 1. The van der Waals surface area contributed by atoms with Gasteiger partial charge in [-0.05, 0) is 60.1 Å². The van der Waals surface area contributed by atoms with Crippen molar-refractivity contribution in [1.29, 1.82) is 0 Å². The first kappa shape index (κ1) is 20.7. The van der Waals surface area contributed by atoms with E-state index < -0.39 is 0 Å². The topological polar surface area (TPSA) is 38.1 Å². The Hall–Kier alpha value is -2.89. The Morgan fingerprint density at radius 2 is 1.85 bits per heavy atom. The maximum Gasteiger partial charge on any atom is 0.250 e. The number of pyridine rings is 2. The lowest BCUT2D eigenvalue weighted by molar-refractivity contribution is 0.114. The van der Waals surface area contributed by atoms with E-state index in [1.807, 2.05) is 18.3 Å². The Morgan fingerprint density at radius 3 is 2.70 bits per heavy atom. The van der Waals surface area contributed by atoms with Gasteiger partial charge >= 0.3 is 0 Å². The number of fused-ring (bicyclic) bond motifs is 5. The molecule has 2 aromatic heterocycles. The minimum Gasteiger partial charge on any atom is -0.311 e. The maximum absolute atomic E-state index is 12.8. The molecule has 2 bridgehead atoms. The van der Waals surface area contributed by atoms with Gasteiger partial charge in [-0.15, -0.1) is 11.8 Å². The van der Waals surface area contributed by atoms with Crippen LogP contribution >= 0.6 is 11.8 Å². The van der Waals surface area contributed by atoms with Gasteiger partial charge in [0, 0.05) is 65.9 Å². The highest BCUT2D eigenvalue weighted by molar-refractivity contribution is 7.98. The monoisotopic (exact) mass is 453 g/mol. The molecule has 1 fully saturated rings. The number of para-hydroxylation sites is 1. The summed E-state index contributed by atoms with van der Waals surface area (Å²) in [5.74, 6) is 0.881. The summed E-state index contributed by atoms with van der Waals surface area (Å²) in [4.78, 5) is 21.3. The molecule has 166 valence electrons. The first-order valence-corrected chi connectivity index (χ1v) is 12.8. The number of hydrogen-bond acceptors (Lipinski definition) is 4. The predicted molar refractivity (Wildman–Crippen MR) is 136 cm³/mol. The highest BCUT2D eigenvalue weighted by atomic mass is 32.2. The van der Waals surface area contributed by atoms with Gasteiger partial charge in [0.25, 0.3) is 5.56 Å². The highest BCUT2D eigenvalue weighted by Crippen LogP contribution is 2.40. The number of nitrogens with zero attached hydrogens (tertiary/aromatic N) is 3. The second-order valence-corrected chi connectivity index (χ2v) is 10.2. The SMILES string of the molecule is CSc1ccc(-c2ccc(=O)n3c2[C@@H]2C[C@@H](CN(Cc4cnc5ccccc5c4)C2)C3)cc1. The summed E-state index contributed by atoms with van der Waals surface area (Å²) >= 11 is 1.75. The summed E-state index contributed by atoms with van der Waals surface area (Å²) in [6, 6.07) is 23.1. The van der Waals surface area contributed by atoms with Crippen LogP contribution in [0.3, 0.4) is 0 Å². The Balaban J connectivity index is 1.32. The van der Waals surface area contributed by atoms with Crippen LogP contribution in [0, 0.1) is 5.92 Å². The van der Waals surface area contributed by atoms with Crippen LogP contribution in [0.5, 0.6) is 0 Å². The Bertz CT molecular complexity index is 1380. The van der Waals surface area contributed by atoms with Crippen LogP contribution in [0.25, 0.3) is 22.0 Å². The molecule has 4 aromatic rings. The van der Waals surface area contributed by atoms with Gasteiger partial charge in [-0.2, -0.15) is 0 Å². The van der Waals surface area contributed by atoms with Crippen LogP contribution in [-0.4, -0.2) is 33.8 Å². The fourth-order valence-corrected chi connectivity index (χ4v) is 6.13. The van der Waals surface area contributed by atoms with Crippen molar-refractivity contribution in [2.75, 3.05) is 19.3 Å².